The van der Waals surface area contributed by atoms with Crippen molar-refractivity contribution in [3.8, 4) is 0 Å². The minimum Gasteiger partial charge on any atom is -0.395 e. The van der Waals surface area contributed by atoms with Crippen molar-refractivity contribution in [2.75, 3.05) is 13.2 Å². The van der Waals surface area contributed by atoms with Crippen LogP contribution in [0.5, 0.6) is 0 Å². The molecule has 7 N–H and O–H groups in total. The quantitative estimate of drug-likeness (QED) is 0.268. The Morgan fingerprint density at radius 2 is 1.54 bits per heavy atom. The first-order valence-corrected chi connectivity index (χ1v) is 4.23. The van der Waals surface area contributed by atoms with E-state index in [4.69, 9.17) is 10.8 Å². The molecule has 0 saturated carbocycles. The molecule has 1 saturated heterocycles. The number of nitrogens with two attached hydrogens (primary N) is 1. The Hall–Kier alpha value is -0.240. The van der Waals surface area contributed by atoms with Crippen LogP contribution < -0.4 is 11.1 Å². The fourth-order valence-electron chi connectivity index (χ4n) is 1.52. The monoisotopic (exact) mass is 192 g/mol. The molecule has 0 bridgehead atoms. The van der Waals surface area contributed by atoms with E-state index in [9.17, 15) is 15.3 Å². The number of rotatable bonds is 2. The molecule has 0 spiro atoms. The molecule has 6 nitrogen and oxygen atoms in total. The summed E-state index contributed by atoms with van der Waals surface area (Å²) in [6.07, 6.45) is -3.52. The average Bonchev–Trinajstić information content (AvgIpc) is 2.15. The van der Waals surface area contributed by atoms with Gasteiger partial charge in [-0.05, 0) is 0 Å². The van der Waals surface area contributed by atoms with Gasteiger partial charge in [0.25, 0.3) is 0 Å². The van der Waals surface area contributed by atoms with Crippen LogP contribution in [0.2, 0.25) is 0 Å². The summed E-state index contributed by atoms with van der Waals surface area (Å²) in [6.45, 7) is -0.164. The normalized spacial score (nSPS) is 46.4. The lowest BCUT2D eigenvalue weighted by molar-refractivity contribution is -0.117. The topological polar surface area (TPSA) is 119 Å². The van der Waals surface area contributed by atoms with Gasteiger partial charge in [-0.15, -0.1) is 0 Å². The van der Waals surface area contributed by atoms with E-state index in [0.717, 1.165) is 0 Å². The van der Waals surface area contributed by atoms with E-state index < -0.39 is 30.4 Å². The minimum atomic E-state index is -1.26. The fraction of sp³-hybridized carbons (Fsp3) is 1.00. The molecule has 1 fully saturated rings. The number of piperidine rings is 1. The second-order valence-corrected chi connectivity index (χ2v) is 3.27. The van der Waals surface area contributed by atoms with Crippen molar-refractivity contribution in [1.82, 2.24) is 5.32 Å². The lowest BCUT2D eigenvalue weighted by Crippen LogP contribution is -2.67. The molecule has 0 aliphatic carbocycles. The summed E-state index contributed by atoms with van der Waals surface area (Å²) in [5.74, 6) is 0. The maximum absolute atomic E-state index is 9.39. The summed E-state index contributed by atoms with van der Waals surface area (Å²) in [7, 11) is 0. The third-order valence-corrected chi connectivity index (χ3v) is 2.40. The standard InChI is InChI=1S/C7H16N2O4/c8-1-3-5(11)7(13)6(12)4(2-10)9-3/h3-7,9-13H,1-2,8H2/t3-,4-,5+,6+,7-/m1/s1. The van der Waals surface area contributed by atoms with Gasteiger partial charge in [0.05, 0.1) is 24.9 Å². The summed E-state index contributed by atoms with van der Waals surface area (Å²) in [5, 5.41) is 39.6. The van der Waals surface area contributed by atoms with Gasteiger partial charge in [0.1, 0.15) is 6.10 Å². The van der Waals surface area contributed by atoms with Crippen molar-refractivity contribution in [3.63, 3.8) is 0 Å². The van der Waals surface area contributed by atoms with Crippen molar-refractivity contribution in [1.29, 1.82) is 0 Å². The molecule has 1 rings (SSSR count). The first-order chi connectivity index (χ1) is 6.11. The Morgan fingerprint density at radius 1 is 1.00 bits per heavy atom. The molecule has 5 atom stereocenters. The highest BCUT2D eigenvalue weighted by Gasteiger charge is 2.41. The van der Waals surface area contributed by atoms with Gasteiger partial charge in [-0.1, -0.05) is 0 Å². The highest BCUT2D eigenvalue weighted by Crippen LogP contribution is 2.14. The number of aliphatic hydroxyl groups is 4. The SMILES string of the molecule is NC[C@H]1N[C@H](CO)[C@H](O)[C@H](O)[C@H]1O. The van der Waals surface area contributed by atoms with Crippen molar-refractivity contribution < 1.29 is 20.4 Å². The van der Waals surface area contributed by atoms with Gasteiger partial charge in [0, 0.05) is 12.6 Å². The minimum absolute atomic E-state index is 0.140. The van der Waals surface area contributed by atoms with Crippen molar-refractivity contribution >= 4 is 0 Å². The van der Waals surface area contributed by atoms with E-state index in [1.165, 1.54) is 0 Å². The molecule has 1 aliphatic rings. The Kier molecular flexibility index (Phi) is 3.60. The van der Waals surface area contributed by atoms with Crippen LogP contribution in [0.3, 0.4) is 0 Å². The molecular weight excluding hydrogens is 176 g/mol. The second kappa shape index (κ2) is 4.32. The van der Waals surface area contributed by atoms with Gasteiger partial charge >= 0.3 is 0 Å². The Labute approximate surface area is 76.0 Å². The number of hydrogen-bond acceptors (Lipinski definition) is 6. The summed E-state index contributed by atoms with van der Waals surface area (Å²) < 4.78 is 0. The van der Waals surface area contributed by atoms with Crippen LogP contribution in [0.15, 0.2) is 0 Å². The lowest BCUT2D eigenvalue weighted by atomic mass is 9.90. The smallest absolute Gasteiger partial charge is 0.109 e. The number of hydrogen-bond donors (Lipinski definition) is 6. The van der Waals surface area contributed by atoms with Crippen LogP contribution in [0.25, 0.3) is 0 Å². The third kappa shape index (κ3) is 1.98. The maximum atomic E-state index is 9.39. The van der Waals surface area contributed by atoms with Gasteiger partial charge in [-0.2, -0.15) is 0 Å². The fourth-order valence-corrected chi connectivity index (χ4v) is 1.52. The average molecular weight is 192 g/mol. The molecule has 1 aliphatic heterocycles. The maximum Gasteiger partial charge on any atom is 0.109 e. The molecule has 6 heteroatoms. The van der Waals surface area contributed by atoms with Gasteiger partial charge in [-0.25, -0.2) is 0 Å². The van der Waals surface area contributed by atoms with E-state index >= 15 is 0 Å². The zero-order valence-corrected chi connectivity index (χ0v) is 7.17. The molecule has 0 radical (unpaired) electrons. The highest BCUT2D eigenvalue weighted by molar-refractivity contribution is 4.98. The van der Waals surface area contributed by atoms with Crippen molar-refractivity contribution in [2.24, 2.45) is 5.73 Å². The molecule has 0 aromatic carbocycles. The zero-order valence-electron chi connectivity index (χ0n) is 7.17. The first-order valence-electron chi connectivity index (χ1n) is 4.23. The van der Waals surface area contributed by atoms with Crippen LogP contribution in [0, 0.1) is 0 Å². The summed E-state index contributed by atoms with van der Waals surface area (Å²) in [6, 6.07) is -1.12. The number of nitrogens with one attached hydrogen (secondary N) is 1. The van der Waals surface area contributed by atoms with Crippen LogP contribution in [0.1, 0.15) is 0 Å². The van der Waals surface area contributed by atoms with Gasteiger partial charge in [0.15, 0.2) is 0 Å². The largest absolute Gasteiger partial charge is 0.395 e. The van der Waals surface area contributed by atoms with E-state index in [-0.39, 0.29) is 13.2 Å². The highest BCUT2D eigenvalue weighted by atomic mass is 16.4. The van der Waals surface area contributed by atoms with Crippen LogP contribution >= 0.6 is 0 Å². The molecule has 0 aromatic rings. The molecule has 1 heterocycles. The summed E-state index contributed by atoms with van der Waals surface area (Å²) in [5.41, 5.74) is 5.32. The molecule has 78 valence electrons. The molecule has 0 aromatic heterocycles. The third-order valence-electron chi connectivity index (χ3n) is 2.40. The predicted molar refractivity (Wildman–Crippen MR) is 44.9 cm³/mol. The second-order valence-electron chi connectivity index (χ2n) is 3.27. The van der Waals surface area contributed by atoms with E-state index in [2.05, 4.69) is 5.32 Å². The van der Waals surface area contributed by atoms with Gasteiger partial charge in [0.2, 0.25) is 0 Å². The van der Waals surface area contributed by atoms with E-state index in [0.29, 0.717) is 0 Å². The molecular formula is C7H16N2O4. The van der Waals surface area contributed by atoms with E-state index in [1.807, 2.05) is 0 Å². The number of aliphatic hydroxyl groups excluding tert-OH is 4. The Morgan fingerprint density at radius 3 is 2.00 bits per heavy atom. The predicted octanol–water partition coefficient (Wildman–Crippen LogP) is -3.64. The van der Waals surface area contributed by atoms with Crippen molar-refractivity contribution in [3.05, 3.63) is 0 Å². The van der Waals surface area contributed by atoms with Crippen LogP contribution in [-0.4, -0.2) is 64.0 Å². The summed E-state index contributed by atoms with van der Waals surface area (Å²) >= 11 is 0. The Bertz CT molecular complexity index is 149. The molecule has 0 unspecified atom stereocenters. The molecule has 0 amide bonds. The van der Waals surface area contributed by atoms with Gasteiger partial charge < -0.3 is 31.5 Å². The van der Waals surface area contributed by atoms with Crippen molar-refractivity contribution in [2.45, 2.75) is 30.4 Å². The summed E-state index contributed by atoms with van der Waals surface area (Å²) in [4.78, 5) is 0. The first kappa shape index (κ1) is 10.8. The molecule has 13 heavy (non-hydrogen) atoms. The van der Waals surface area contributed by atoms with E-state index in [1.54, 1.807) is 0 Å². The van der Waals surface area contributed by atoms with Crippen LogP contribution in [-0.2, 0) is 0 Å². The van der Waals surface area contributed by atoms with Gasteiger partial charge in [-0.3, -0.25) is 0 Å². The Balaban J connectivity index is 2.66. The zero-order chi connectivity index (χ0) is 10.0. The van der Waals surface area contributed by atoms with Crippen LogP contribution in [0.4, 0.5) is 0 Å². The lowest BCUT2D eigenvalue weighted by Gasteiger charge is -2.40.